The van der Waals surface area contributed by atoms with E-state index >= 15 is 0 Å². The van der Waals surface area contributed by atoms with Crippen LogP contribution in [0.25, 0.3) is 0 Å². The van der Waals surface area contributed by atoms with Gasteiger partial charge < -0.3 is 4.90 Å². The van der Waals surface area contributed by atoms with E-state index in [1.54, 1.807) is 17.0 Å². The van der Waals surface area contributed by atoms with E-state index in [1.807, 2.05) is 6.07 Å². The molecule has 0 spiro atoms. The quantitative estimate of drug-likeness (QED) is 0.626. The van der Waals surface area contributed by atoms with Crippen molar-refractivity contribution in [3.05, 3.63) is 58.1 Å². The van der Waals surface area contributed by atoms with Crippen molar-refractivity contribution in [1.82, 2.24) is 0 Å². The van der Waals surface area contributed by atoms with Crippen LogP contribution in [0.5, 0.6) is 0 Å². The zero-order chi connectivity index (χ0) is 19.2. The molecule has 2 aromatic rings. The van der Waals surface area contributed by atoms with Crippen molar-refractivity contribution >= 4 is 33.0 Å². The van der Waals surface area contributed by atoms with Gasteiger partial charge >= 0.3 is 0 Å². The van der Waals surface area contributed by atoms with Crippen molar-refractivity contribution in [3.63, 3.8) is 0 Å². The van der Waals surface area contributed by atoms with Crippen LogP contribution in [-0.4, -0.2) is 25.8 Å². The van der Waals surface area contributed by atoms with Crippen molar-refractivity contribution < 1.29 is 18.1 Å². The second-order valence-electron chi connectivity index (χ2n) is 6.71. The Labute approximate surface area is 156 Å². The van der Waals surface area contributed by atoms with Crippen LogP contribution in [0.3, 0.4) is 0 Å². The van der Waals surface area contributed by atoms with Gasteiger partial charge in [0, 0.05) is 30.3 Å². The van der Waals surface area contributed by atoms with Gasteiger partial charge in [0.25, 0.3) is 15.7 Å². The molecule has 1 amide bonds. The van der Waals surface area contributed by atoms with E-state index in [9.17, 15) is 23.3 Å². The van der Waals surface area contributed by atoms with Gasteiger partial charge in [-0.15, -0.1) is 0 Å². The number of rotatable bonds is 5. The van der Waals surface area contributed by atoms with Gasteiger partial charge in [-0.3, -0.25) is 19.6 Å². The van der Waals surface area contributed by atoms with Crippen molar-refractivity contribution in [2.24, 2.45) is 5.92 Å². The molecule has 0 saturated heterocycles. The molecular formula is C18H17N3O5S. The molecule has 2 aromatic carbocycles. The number of carbonyl (C=O) groups is 1. The summed E-state index contributed by atoms with van der Waals surface area (Å²) < 4.78 is 27.6. The first-order valence-electron chi connectivity index (χ1n) is 8.57. The van der Waals surface area contributed by atoms with E-state index in [0.717, 1.165) is 42.6 Å². The maximum atomic E-state index is 12.6. The normalized spacial score (nSPS) is 16.1. The molecule has 1 fully saturated rings. The molecule has 4 rings (SSSR count). The zero-order valence-corrected chi connectivity index (χ0v) is 15.1. The molecule has 8 nitrogen and oxygen atoms in total. The fourth-order valence-electron chi connectivity index (χ4n) is 3.18. The number of anilines is 2. The third-order valence-electron chi connectivity index (χ3n) is 4.78. The van der Waals surface area contributed by atoms with E-state index in [2.05, 4.69) is 4.72 Å². The maximum Gasteiger partial charge on any atom is 0.269 e. The Kier molecular flexibility index (Phi) is 4.11. The van der Waals surface area contributed by atoms with Gasteiger partial charge in [0.1, 0.15) is 0 Å². The molecule has 2 aliphatic rings. The summed E-state index contributed by atoms with van der Waals surface area (Å²) in [6.45, 7) is 0.614. The van der Waals surface area contributed by atoms with Gasteiger partial charge in [-0.05, 0) is 49.1 Å². The Morgan fingerprint density at radius 1 is 1.15 bits per heavy atom. The minimum absolute atomic E-state index is 0.0699. The summed E-state index contributed by atoms with van der Waals surface area (Å²) in [6.07, 6.45) is 2.58. The molecule has 9 heteroatoms. The second-order valence-corrected chi connectivity index (χ2v) is 8.40. The molecule has 140 valence electrons. The van der Waals surface area contributed by atoms with Crippen molar-refractivity contribution in [2.45, 2.75) is 24.2 Å². The number of hydrogen-bond donors (Lipinski definition) is 1. The molecule has 1 aliphatic heterocycles. The van der Waals surface area contributed by atoms with Crippen LogP contribution >= 0.6 is 0 Å². The second kappa shape index (κ2) is 6.34. The van der Waals surface area contributed by atoms with Gasteiger partial charge in [0.2, 0.25) is 5.91 Å². The van der Waals surface area contributed by atoms with Crippen molar-refractivity contribution in [2.75, 3.05) is 16.2 Å². The number of sulfonamides is 1. The molecule has 0 bridgehead atoms. The molecule has 0 unspecified atom stereocenters. The van der Waals surface area contributed by atoms with Gasteiger partial charge in [0.05, 0.1) is 15.5 Å². The first-order valence-corrected chi connectivity index (χ1v) is 10.0. The Morgan fingerprint density at radius 3 is 2.48 bits per heavy atom. The lowest BCUT2D eigenvalue weighted by molar-refractivity contribution is -0.384. The minimum atomic E-state index is -3.89. The fourth-order valence-corrected chi connectivity index (χ4v) is 4.23. The molecule has 0 atom stereocenters. The maximum absolute atomic E-state index is 12.6. The van der Waals surface area contributed by atoms with Crippen LogP contribution in [0, 0.1) is 16.0 Å². The van der Waals surface area contributed by atoms with Crippen LogP contribution in [0.1, 0.15) is 18.4 Å². The number of benzene rings is 2. The Hall–Kier alpha value is -2.94. The third-order valence-corrected chi connectivity index (χ3v) is 6.18. The van der Waals surface area contributed by atoms with Crippen LogP contribution in [-0.2, 0) is 21.2 Å². The summed E-state index contributed by atoms with van der Waals surface area (Å²) in [6, 6.07) is 9.83. The van der Waals surface area contributed by atoms with Gasteiger partial charge in [-0.25, -0.2) is 8.42 Å². The molecular weight excluding hydrogens is 370 g/mol. The fraction of sp³-hybridized carbons (Fsp3) is 0.278. The van der Waals surface area contributed by atoms with Gasteiger partial charge in [-0.2, -0.15) is 0 Å². The van der Waals surface area contributed by atoms with E-state index in [-0.39, 0.29) is 22.4 Å². The zero-order valence-electron chi connectivity index (χ0n) is 14.3. The van der Waals surface area contributed by atoms with E-state index in [1.165, 1.54) is 12.1 Å². The number of nitrogens with zero attached hydrogens (tertiary/aromatic N) is 2. The standard InChI is InChI=1S/C18H17N3O5S/c22-18(13-1-2-13)20-10-9-12-3-4-14(11-17(12)20)19-27(25,26)16-7-5-15(6-8-16)21(23)24/h3-8,11,13,19H,1-2,9-10H2. The summed E-state index contributed by atoms with van der Waals surface area (Å²) in [7, 11) is -3.89. The summed E-state index contributed by atoms with van der Waals surface area (Å²) in [5.41, 5.74) is 1.93. The number of non-ortho nitro benzene ring substituents is 1. The SMILES string of the molecule is O=C(C1CC1)N1CCc2ccc(NS(=O)(=O)c3ccc([N+](=O)[O-])cc3)cc21. The Balaban J connectivity index is 1.58. The molecule has 0 aromatic heterocycles. The van der Waals surface area contributed by atoms with Crippen molar-refractivity contribution in [3.8, 4) is 0 Å². The number of amides is 1. The van der Waals surface area contributed by atoms with Crippen LogP contribution < -0.4 is 9.62 Å². The van der Waals surface area contributed by atoms with Crippen LogP contribution in [0.2, 0.25) is 0 Å². The average molecular weight is 387 g/mol. The number of hydrogen-bond acceptors (Lipinski definition) is 5. The van der Waals surface area contributed by atoms with Gasteiger partial charge in [0.15, 0.2) is 0 Å². The number of carbonyl (C=O) groups excluding carboxylic acids is 1. The summed E-state index contributed by atoms with van der Waals surface area (Å²) >= 11 is 0. The number of nitrogens with one attached hydrogen (secondary N) is 1. The largest absolute Gasteiger partial charge is 0.312 e. The summed E-state index contributed by atoms with van der Waals surface area (Å²) in [4.78, 5) is 24.2. The number of fused-ring (bicyclic) bond motifs is 1. The van der Waals surface area contributed by atoms with E-state index in [4.69, 9.17) is 0 Å². The summed E-state index contributed by atoms with van der Waals surface area (Å²) in [5.74, 6) is 0.195. The Morgan fingerprint density at radius 2 is 1.85 bits per heavy atom. The monoisotopic (exact) mass is 387 g/mol. The molecule has 1 heterocycles. The molecule has 1 saturated carbocycles. The lowest BCUT2D eigenvalue weighted by Crippen LogP contribution is -2.30. The highest BCUT2D eigenvalue weighted by Gasteiger charge is 2.36. The molecule has 1 N–H and O–H groups in total. The highest BCUT2D eigenvalue weighted by atomic mass is 32.2. The van der Waals surface area contributed by atoms with E-state index < -0.39 is 14.9 Å². The molecule has 0 radical (unpaired) electrons. The average Bonchev–Trinajstić information content (AvgIpc) is 3.41. The summed E-state index contributed by atoms with van der Waals surface area (Å²) in [5, 5.41) is 10.7. The predicted molar refractivity (Wildman–Crippen MR) is 99.1 cm³/mol. The number of nitro benzene ring substituents is 1. The smallest absolute Gasteiger partial charge is 0.269 e. The van der Waals surface area contributed by atoms with Gasteiger partial charge in [-0.1, -0.05) is 6.07 Å². The molecule has 27 heavy (non-hydrogen) atoms. The van der Waals surface area contributed by atoms with Crippen molar-refractivity contribution in [1.29, 1.82) is 0 Å². The minimum Gasteiger partial charge on any atom is -0.312 e. The van der Waals surface area contributed by atoms with Crippen LogP contribution in [0.15, 0.2) is 47.4 Å². The lowest BCUT2D eigenvalue weighted by atomic mass is 10.1. The number of nitro groups is 1. The highest BCUT2D eigenvalue weighted by Crippen LogP contribution is 2.37. The predicted octanol–water partition coefficient (Wildman–Crippen LogP) is 2.69. The third kappa shape index (κ3) is 3.37. The van der Waals surface area contributed by atoms with Crippen LogP contribution in [0.4, 0.5) is 17.1 Å². The highest BCUT2D eigenvalue weighted by molar-refractivity contribution is 7.92. The lowest BCUT2D eigenvalue weighted by Gasteiger charge is -2.18. The Bertz CT molecular complexity index is 1030. The topological polar surface area (TPSA) is 110 Å². The first kappa shape index (κ1) is 17.5. The van der Waals surface area contributed by atoms with E-state index in [0.29, 0.717) is 12.2 Å². The first-order chi connectivity index (χ1) is 12.8. The molecule has 1 aliphatic carbocycles.